The van der Waals surface area contributed by atoms with Gasteiger partial charge in [0.2, 0.25) is 0 Å². The molecule has 0 amide bonds. The molecule has 6 heteroatoms. The SMILES string of the molecule is CCOC(=O)c1cc(CCCC(=O)c2cccc(-c3cccnc3)c2)on1. The lowest BCUT2D eigenvalue weighted by Crippen LogP contribution is -2.04. The van der Waals surface area contributed by atoms with Crippen LogP contribution < -0.4 is 0 Å². The normalized spacial score (nSPS) is 10.6. The number of rotatable bonds is 8. The summed E-state index contributed by atoms with van der Waals surface area (Å²) in [6.07, 6.45) is 5.00. The summed E-state index contributed by atoms with van der Waals surface area (Å²) in [7, 11) is 0. The van der Waals surface area contributed by atoms with Crippen molar-refractivity contribution in [3.8, 4) is 11.1 Å². The Balaban J connectivity index is 1.56. The fourth-order valence-corrected chi connectivity index (χ4v) is 2.71. The van der Waals surface area contributed by atoms with Crippen molar-refractivity contribution in [1.29, 1.82) is 0 Å². The molecule has 0 aliphatic heterocycles. The zero-order chi connectivity index (χ0) is 19.1. The van der Waals surface area contributed by atoms with Gasteiger partial charge in [0.25, 0.3) is 0 Å². The van der Waals surface area contributed by atoms with Crippen molar-refractivity contribution in [1.82, 2.24) is 10.1 Å². The quantitative estimate of drug-likeness (QED) is 0.442. The summed E-state index contributed by atoms with van der Waals surface area (Å²) in [5, 5.41) is 3.70. The molecule has 3 rings (SSSR count). The monoisotopic (exact) mass is 364 g/mol. The largest absolute Gasteiger partial charge is 0.461 e. The van der Waals surface area contributed by atoms with Crippen molar-refractivity contribution < 1.29 is 18.8 Å². The Morgan fingerprint density at radius 1 is 1.11 bits per heavy atom. The zero-order valence-corrected chi connectivity index (χ0v) is 15.1. The number of carbonyl (C=O) groups excluding carboxylic acids is 2. The van der Waals surface area contributed by atoms with E-state index in [2.05, 4.69) is 10.1 Å². The number of Topliss-reactive ketones (excluding diaryl/α,β-unsaturated/α-hetero) is 1. The summed E-state index contributed by atoms with van der Waals surface area (Å²) < 4.78 is 10.00. The Morgan fingerprint density at radius 2 is 1.96 bits per heavy atom. The molecule has 0 unspecified atom stereocenters. The van der Waals surface area contributed by atoms with Crippen molar-refractivity contribution >= 4 is 11.8 Å². The van der Waals surface area contributed by atoms with Gasteiger partial charge in [-0.25, -0.2) is 4.79 Å². The van der Waals surface area contributed by atoms with E-state index in [1.54, 1.807) is 25.4 Å². The second-order valence-corrected chi connectivity index (χ2v) is 6.00. The van der Waals surface area contributed by atoms with Crippen LogP contribution in [0.25, 0.3) is 11.1 Å². The lowest BCUT2D eigenvalue weighted by atomic mass is 10.00. The molecular weight excluding hydrogens is 344 g/mol. The Morgan fingerprint density at radius 3 is 2.74 bits per heavy atom. The molecule has 0 spiro atoms. The van der Waals surface area contributed by atoms with Gasteiger partial charge >= 0.3 is 5.97 Å². The zero-order valence-electron chi connectivity index (χ0n) is 15.1. The van der Waals surface area contributed by atoms with Crippen LogP contribution in [-0.4, -0.2) is 28.5 Å². The highest BCUT2D eigenvalue weighted by Crippen LogP contribution is 2.20. The minimum Gasteiger partial charge on any atom is -0.461 e. The lowest BCUT2D eigenvalue weighted by Gasteiger charge is -2.04. The lowest BCUT2D eigenvalue weighted by molar-refractivity contribution is 0.0514. The fourth-order valence-electron chi connectivity index (χ4n) is 2.71. The van der Waals surface area contributed by atoms with E-state index in [0.717, 1.165) is 11.1 Å². The summed E-state index contributed by atoms with van der Waals surface area (Å²) in [5.74, 6) is 0.122. The number of carbonyl (C=O) groups is 2. The molecular formula is C21H20N2O4. The summed E-state index contributed by atoms with van der Waals surface area (Å²) in [6.45, 7) is 2.02. The van der Waals surface area contributed by atoms with Gasteiger partial charge in [-0.1, -0.05) is 29.4 Å². The molecule has 27 heavy (non-hydrogen) atoms. The molecule has 0 aliphatic carbocycles. The van der Waals surface area contributed by atoms with Gasteiger partial charge < -0.3 is 9.26 Å². The van der Waals surface area contributed by atoms with Crippen molar-refractivity contribution in [2.75, 3.05) is 6.61 Å². The third kappa shape index (κ3) is 4.88. The molecule has 0 aliphatic rings. The van der Waals surface area contributed by atoms with Crippen LogP contribution in [0.15, 0.2) is 59.4 Å². The van der Waals surface area contributed by atoms with Crippen molar-refractivity contribution in [3.63, 3.8) is 0 Å². The van der Waals surface area contributed by atoms with Crippen LogP contribution in [0.3, 0.4) is 0 Å². The predicted molar refractivity (Wildman–Crippen MR) is 99.4 cm³/mol. The fraction of sp³-hybridized carbons (Fsp3) is 0.238. The molecule has 2 aromatic heterocycles. The first-order valence-electron chi connectivity index (χ1n) is 8.83. The number of benzene rings is 1. The maximum Gasteiger partial charge on any atom is 0.360 e. The number of esters is 1. The van der Waals surface area contributed by atoms with Gasteiger partial charge in [-0.05, 0) is 31.0 Å². The van der Waals surface area contributed by atoms with E-state index in [0.29, 0.717) is 30.6 Å². The Labute approximate surface area is 157 Å². The average molecular weight is 364 g/mol. The third-order valence-electron chi connectivity index (χ3n) is 4.05. The van der Waals surface area contributed by atoms with Gasteiger partial charge in [0.1, 0.15) is 5.76 Å². The summed E-state index contributed by atoms with van der Waals surface area (Å²) in [4.78, 5) is 28.2. The molecule has 0 atom stereocenters. The first-order chi connectivity index (χ1) is 13.2. The van der Waals surface area contributed by atoms with E-state index in [-0.39, 0.29) is 18.1 Å². The highest BCUT2D eigenvalue weighted by atomic mass is 16.5. The van der Waals surface area contributed by atoms with Crippen LogP contribution in [0.1, 0.15) is 46.4 Å². The van der Waals surface area contributed by atoms with Crippen LogP contribution in [0.2, 0.25) is 0 Å². The Kier molecular flexibility index (Phi) is 6.10. The maximum atomic E-state index is 12.5. The standard InChI is InChI=1S/C21H20N2O4/c1-2-26-21(25)19-13-18(27-23-19)9-4-10-20(24)16-7-3-6-15(12-16)17-8-5-11-22-14-17/h3,5-8,11-14H,2,4,9-10H2,1H3. The number of ether oxygens (including phenoxy) is 1. The second-order valence-electron chi connectivity index (χ2n) is 6.00. The van der Waals surface area contributed by atoms with Gasteiger partial charge in [0.15, 0.2) is 11.5 Å². The molecule has 0 fully saturated rings. The smallest absolute Gasteiger partial charge is 0.360 e. The van der Waals surface area contributed by atoms with Crippen LogP contribution in [0.5, 0.6) is 0 Å². The van der Waals surface area contributed by atoms with Gasteiger partial charge in [0, 0.05) is 42.4 Å². The molecule has 0 bridgehead atoms. The Bertz CT molecular complexity index is 919. The third-order valence-corrected chi connectivity index (χ3v) is 4.05. The number of pyridine rings is 1. The van der Waals surface area contributed by atoms with Gasteiger partial charge in [-0.2, -0.15) is 0 Å². The summed E-state index contributed by atoms with van der Waals surface area (Å²) in [6, 6.07) is 12.9. The highest BCUT2D eigenvalue weighted by molar-refractivity contribution is 5.97. The van der Waals surface area contributed by atoms with Gasteiger partial charge in [-0.15, -0.1) is 0 Å². The van der Waals surface area contributed by atoms with Crippen LogP contribution in [0.4, 0.5) is 0 Å². The van der Waals surface area contributed by atoms with Crippen molar-refractivity contribution in [3.05, 3.63) is 71.9 Å². The van der Waals surface area contributed by atoms with Crippen LogP contribution in [-0.2, 0) is 11.2 Å². The predicted octanol–water partition coefficient (Wildman–Crippen LogP) is 4.12. The number of nitrogens with zero attached hydrogens (tertiary/aromatic N) is 2. The summed E-state index contributed by atoms with van der Waals surface area (Å²) in [5.41, 5.74) is 2.76. The number of ketones is 1. The minimum absolute atomic E-state index is 0.0610. The van der Waals surface area contributed by atoms with E-state index in [1.807, 2.05) is 36.4 Å². The molecule has 2 heterocycles. The van der Waals surface area contributed by atoms with Crippen LogP contribution >= 0.6 is 0 Å². The average Bonchev–Trinajstić information content (AvgIpc) is 3.18. The molecule has 138 valence electrons. The number of aromatic nitrogens is 2. The molecule has 0 N–H and O–H groups in total. The Hall–Kier alpha value is -3.28. The van der Waals surface area contributed by atoms with E-state index in [1.165, 1.54) is 0 Å². The molecule has 0 radical (unpaired) electrons. The molecule has 6 nitrogen and oxygen atoms in total. The first-order valence-corrected chi connectivity index (χ1v) is 8.83. The first kappa shape index (κ1) is 18.5. The van der Waals surface area contributed by atoms with E-state index < -0.39 is 5.97 Å². The van der Waals surface area contributed by atoms with Crippen molar-refractivity contribution in [2.45, 2.75) is 26.2 Å². The highest BCUT2D eigenvalue weighted by Gasteiger charge is 2.14. The molecule has 1 aromatic carbocycles. The number of hydrogen-bond donors (Lipinski definition) is 0. The molecule has 0 saturated heterocycles. The molecule has 0 saturated carbocycles. The molecule has 3 aromatic rings. The topological polar surface area (TPSA) is 82.3 Å². The second kappa shape index (κ2) is 8.89. The number of hydrogen-bond acceptors (Lipinski definition) is 6. The van der Waals surface area contributed by atoms with E-state index in [4.69, 9.17) is 9.26 Å². The van der Waals surface area contributed by atoms with E-state index in [9.17, 15) is 9.59 Å². The van der Waals surface area contributed by atoms with Crippen molar-refractivity contribution in [2.24, 2.45) is 0 Å². The maximum absolute atomic E-state index is 12.5. The van der Waals surface area contributed by atoms with Gasteiger partial charge in [-0.3, -0.25) is 9.78 Å². The number of aryl methyl sites for hydroxylation is 1. The van der Waals surface area contributed by atoms with Crippen LogP contribution in [0, 0.1) is 0 Å². The van der Waals surface area contributed by atoms with E-state index >= 15 is 0 Å². The minimum atomic E-state index is -0.504. The van der Waals surface area contributed by atoms with Gasteiger partial charge in [0.05, 0.1) is 6.61 Å². The summed E-state index contributed by atoms with van der Waals surface area (Å²) >= 11 is 0.